The van der Waals surface area contributed by atoms with Crippen LogP contribution in [-0.2, 0) is 4.79 Å². The first-order valence-corrected chi connectivity index (χ1v) is 8.49. The summed E-state index contributed by atoms with van der Waals surface area (Å²) >= 11 is 0. The molecule has 3 heterocycles. The smallest absolute Gasteiger partial charge is 0.290 e. The number of carboxylic acid groups (broad SMARTS) is 1. The third kappa shape index (κ3) is 5.60. The summed E-state index contributed by atoms with van der Waals surface area (Å²) in [6, 6.07) is 3.59. The van der Waals surface area contributed by atoms with Gasteiger partial charge in [0.2, 0.25) is 5.95 Å². The van der Waals surface area contributed by atoms with Crippen LogP contribution in [-0.4, -0.2) is 57.3 Å². The van der Waals surface area contributed by atoms with Gasteiger partial charge in [0.1, 0.15) is 17.5 Å². The van der Waals surface area contributed by atoms with Gasteiger partial charge in [-0.15, -0.1) is 0 Å². The molecule has 1 aliphatic heterocycles. The van der Waals surface area contributed by atoms with Gasteiger partial charge in [0.15, 0.2) is 0 Å². The Kier molecular flexibility index (Phi) is 7.59. The molecule has 0 unspecified atom stereocenters. The molecule has 11 nitrogen and oxygen atoms in total. The summed E-state index contributed by atoms with van der Waals surface area (Å²) in [5, 5.41) is 26.1. The van der Waals surface area contributed by atoms with Crippen LogP contribution in [0.25, 0.3) is 0 Å². The number of hydrogen-bond donors (Lipinski definition) is 3. The van der Waals surface area contributed by atoms with Gasteiger partial charge in [-0.1, -0.05) is 0 Å². The summed E-state index contributed by atoms with van der Waals surface area (Å²) in [4.78, 5) is 30.8. The number of nitriles is 1. The van der Waals surface area contributed by atoms with E-state index in [2.05, 4.69) is 25.5 Å². The lowest BCUT2D eigenvalue weighted by Crippen LogP contribution is -2.39. The quantitative estimate of drug-likeness (QED) is 0.612. The molecule has 146 valence electrons. The Balaban J connectivity index is 0.000000878. The van der Waals surface area contributed by atoms with Crippen LogP contribution in [0.1, 0.15) is 28.8 Å². The molecule has 0 radical (unpaired) electrons. The largest absolute Gasteiger partial charge is 0.483 e. The van der Waals surface area contributed by atoms with Gasteiger partial charge in [-0.2, -0.15) is 20.4 Å². The second-order valence-corrected chi connectivity index (χ2v) is 5.96. The number of aromatic nitrogens is 4. The van der Waals surface area contributed by atoms with E-state index >= 15 is 0 Å². The van der Waals surface area contributed by atoms with Gasteiger partial charge >= 0.3 is 0 Å². The van der Waals surface area contributed by atoms with Crippen LogP contribution in [0.5, 0.6) is 0 Å². The molecular formula is C17H20N8O3. The summed E-state index contributed by atoms with van der Waals surface area (Å²) in [7, 11) is 0. The standard InChI is InChI=1S/C16H18N8O.CH2O2/c17-7-13-9-20-16(23-14(13)18)24-5-2-11(3-6-24)8-19-15(25)12-1-4-21-22-10-12;2-1-3/h1,4,9-11H,2-3,5-6,8H2,(H,19,25)(H2,18,20,23);1H,(H,2,3). The molecular weight excluding hydrogens is 364 g/mol. The van der Waals surface area contributed by atoms with E-state index in [0.29, 0.717) is 24.0 Å². The number of rotatable bonds is 4. The number of anilines is 2. The van der Waals surface area contributed by atoms with Gasteiger partial charge in [0, 0.05) is 19.6 Å². The Bertz CT molecular complexity index is 832. The molecule has 2 aromatic rings. The van der Waals surface area contributed by atoms with Crippen LogP contribution >= 0.6 is 0 Å². The van der Waals surface area contributed by atoms with Crippen LogP contribution in [0.3, 0.4) is 0 Å². The number of piperidine rings is 1. The molecule has 3 rings (SSSR count). The van der Waals surface area contributed by atoms with Crippen molar-refractivity contribution in [3.05, 3.63) is 35.8 Å². The van der Waals surface area contributed by atoms with Gasteiger partial charge in [0.25, 0.3) is 12.4 Å². The van der Waals surface area contributed by atoms with Crippen LogP contribution in [0.15, 0.2) is 24.7 Å². The number of nitrogens with two attached hydrogens (primary N) is 1. The van der Waals surface area contributed by atoms with Crippen molar-refractivity contribution < 1.29 is 14.7 Å². The minimum absolute atomic E-state index is 0.138. The average Bonchev–Trinajstić information content (AvgIpc) is 2.73. The molecule has 0 aliphatic carbocycles. The number of carbonyl (C=O) groups is 2. The summed E-state index contributed by atoms with van der Waals surface area (Å²) in [6.45, 7) is 1.93. The SMILES string of the molecule is N#Cc1cnc(N2CCC(CNC(=O)c3ccnnc3)CC2)nc1N.O=CO. The lowest BCUT2D eigenvalue weighted by molar-refractivity contribution is -0.122. The third-order valence-corrected chi connectivity index (χ3v) is 4.22. The summed E-state index contributed by atoms with van der Waals surface area (Å²) in [6.07, 6.45) is 6.23. The molecule has 1 aliphatic rings. The molecule has 0 bridgehead atoms. The fraction of sp³-hybridized carbons (Fsp3) is 0.353. The lowest BCUT2D eigenvalue weighted by atomic mass is 9.97. The Hall–Kier alpha value is -3.81. The van der Waals surface area contributed by atoms with Gasteiger partial charge in [-0.3, -0.25) is 9.59 Å². The molecule has 0 saturated carbocycles. The molecule has 1 fully saturated rings. The maximum atomic E-state index is 12.0. The minimum Gasteiger partial charge on any atom is -0.483 e. The molecule has 2 aromatic heterocycles. The van der Waals surface area contributed by atoms with Crippen molar-refractivity contribution >= 4 is 24.1 Å². The number of amides is 1. The number of carbonyl (C=O) groups excluding carboxylic acids is 1. The highest BCUT2D eigenvalue weighted by Crippen LogP contribution is 2.21. The Morgan fingerprint density at radius 1 is 1.39 bits per heavy atom. The molecule has 28 heavy (non-hydrogen) atoms. The van der Waals surface area contributed by atoms with Crippen LogP contribution in [0.2, 0.25) is 0 Å². The molecule has 4 N–H and O–H groups in total. The number of hydrogen-bond acceptors (Lipinski definition) is 9. The third-order valence-electron chi connectivity index (χ3n) is 4.22. The number of nitrogen functional groups attached to an aromatic ring is 1. The van der Waals surface area contributed by atoms with Gasteiger partial charge in [-0.05, 0) is 24.8 Å². The zero-order valence-electron chi connectivity index (χ0n) is 15.0. The van der Waals surface area contributed by atoms with Crippen LogP contribution in [0.4, 0.5) is 11.8 Å². The summed E-state index contributed by atoms with van der Waals surface area (Å²) < 4.78 is 0. The molecule has 11 heteroatoms. The van der Waals surface area contributed by atoms with Crippen molar-refractivity contribution in [3.8, 4) is 6.07 Å². The molecule has 1 amide bonds. The fourth-order valence-electron chi connectivity index (χ4n) is 2.72. The lowest BCUT2D eigenvalue weighted by Gasteiger charge is -2.32. The maximum Gasteiger partial charge on any atom is 0.290 e. The molecule has 0 atom stereocenters. The van der Waals surface area contributed by atoms with Crippen LogP contribution < -0.4 is 16.0 Å². The Labute approximate surface area is 161 Å². The Morgan fingerprint density at radius 2 is 2.11 bits per heavy atom. The molecule has 0 spiro atoms. The summed E-state index contributed by atoms with van der Waals surface area (Å²) in [5.74, 6) is 1.00. The normalized spacial score (nSPS) is 13.6. The van der Waals surface area contributed by atoms with Crippen molar-refractivity contribution in [1.82, 2.24) is 25.5 Å². The van der Waals surface area contributed by atoms with Gasteiger partial charge in [-0.25, -0.2) is 4.98 Å². The predicted octanol–water partition coefficient (Wildman–Crippen LogP) is 0.0677. The van der Waals surface area contributed by atoms with Crippen molar-refractivity contribution in [1.29, 1.82) is 5.26 Å². The molecule has 0 aromatic carbocycles. The van der Waals surface area contributed by atoms with E-state index in [4.69, 9.17) is 20.9 Å². The maximum absolute atomic E-state index is 12.0. The highest BCUT2D eigenvalue weighted by atomic mass is 16.3. The fourth-order valence-corrected chi connectivity index (χ4v) is 2.72. The van der Waals surface area contributed by atoms with Crippen molar-refractivity contribution in [3.63, 3.8) is 0 Å². The van der Waals surface area contributed by atoms with E-state index < -0.39 is 0 Å². The van der Waals surface area contributed by atoms with Gasteiger partial charge < -0.3 is 21.1 Å². The van der Waals surface area contributed by atoms with Crippen molar-refractivity contribution in [2.75, 3.05) is 30.3 Å². The highest BCUT2D eigenvalue weighted by molar-refractivity contribution is 5.93. The number of nitrogens with one attached hydrogen (secondary N) is 1. The predicted molar refractivity (Wildman–Crippen MR) is 99.2 cm³/mol. The number of nitrogens with zero attached hydrogens (tertiary/aromatic N) is 6. The summed E-state index contributed by atoms with van der Waals surface area (Å²) in [5.41, 5.74) is 6.54. The topological polar surface area (TPSA) is 171 Å². The monoisotopic (exact) mass is 384 g/mol. The van der Waals surface area contributed by atoms with E-state index in [1.807, 2.05) is 11.0 Å². The Morgan fingerprint density at radius 3 is 2.68 bits per heavy atom. The first kappa shape index (κ1) is 20.5. The first-order valence-electron chi connectivity index (χ1n) is 8.49. The second kappa shape index (κ2) is 10.4. The van der Waals surface area contributed by atoms with Crippen LogP contribution in [0, 0.1) is 17.2 Å². The van der Waals surface area contributed by atoms with E-state index in [1.54, 1.807) is 6.07 Å². The van der Waals surface area contributed by atoms with E-state index in [-0.39, 0.29) is 23.8 Å². The van der Waals surface area contributed by atoms with Crippen molar-refractivity contribution in [2.45, 2.75) is 12.8 Å². The highest BCUT2D eigenvalue weighted by Gasteiger charge is 2.22. The van der Waals surface area contributed by atoms with E-state index in [1.165, 1.54) is 18.6 Å². The van der Waals surface area contributed by atoms with Crippen molar-refractivity contribution in [2.24, 2.45) is 5.92 Å². The van der Waals surface area contributed by atoms with E-state index in [9.17, 15) is 4.79 Å². The van der Waals surface area contributed by atoms with E-state index in [0.717, 1.165) is 25.9 Å². The molecule has 1 saturated heterocycles. The zero-order valence-corrected chi connectivity index (χ0v) is 15.0. The minimum atomic E-state index is -0.250. The zero-order chi connectivity index (χ0) is 20.4. The second-order valence-electron chi connectivity index (χ2n) is 5.96. The van der Waals surface area contributed by atoms with Gasteiger partial charge in [0.05, 0.1) is 24.2 Å². The average molecular weight is 384 g/mol. The first-order chi connectivity index (χ1) is 13.6.